The van der Waals surface area contributed by atoms with E-state index in [1.54, 1.807) is 6.20 Å². The number of aromatic nitrogens is 3. The van der Waals surface area contributed by atoms with Crippen molar-refractivity contribution in [3.63, 3.8) is 0 Å². The van der Waals surface area contributed by atoms with E-state index in [9.17, 15) is 0 Å². The number of nitrogens with one attached hydrogen (secondary N) is 1. The molecule has 0 spiro atoms. The van der Waals surface area contributed by atoms with E-state index in [1.165, 1.54) is 11.1 Å². The van der Waals surface area contributed by atoms with E-state index in [1.807, 2.05) is 17.8 Å². The van der Waals surface area contributed by atoms with Crippen molar-refractivity contribution >= 4 is 15.9 Å². The molecular weight excluding hydrogens is 304 g/mol. The minimum Gasteiger partial charge on any atom is -0.313 e. The van der Waals surface area contributed by atoms with Gasteiger partial charge in [0.1, 0.15) is 0 Å². The van der Waals surface area contributed by atoms with E-state index < -0.39 is 0 Å². The topological polar surface area (TPSA) is 42.7 Å². The van der Waals surface area contributed by atoms with Crippen LogP contribution in [0.2, 0.25) is 0 Å². The SMILES string of the molecule is CCCNCc1c(C)cc(C)nc1-n1cc(Br)cn1. The van der Waals surface area contributed by atoms with Gasteiger partial charge in [0.2, 0.25) is 0 Å². The van der Waals surface area contributed by atoms with Gasteiger partial charge in [-0.1, -0.05) is 6.92 Å². The molecule has 2 aromatic heterocycles. The molecular formula is C14H19BrN4. The molecule has 2 rings (SSSR count). The lowest BCUT2D eigenvalue weighted by Crippen LogP contribution is -2.18. The maximum absolute atomic E-state index is 4.64. The lowest BCUT2D eigenvalue weighted by Gasteiger charge is -2.13. The zero-order chi connectivity index (χ0) is 13.8. The number of nitrogens with zero attached hydrogens (tertiary/aromatic N) is 3. The van der Waals surface area contributed by atoms with Crippen LogP contribution in [-0.4, -0.2) is 21.3 Å². The highest BCUT2D eigenvalue weighted by Gasteiger charge is 2.11. The molecule has 0 aliphatic carbocycles. The first-order chi connectivity index (χ1) is 9.11. The van der Waals surface area contributed by atoms with E-state index in [2.05, 4.69) is 51.2 Å². The molecule has 2 aromatic rings. The molecule has 102 valence electrons. The number of hydrogen-bond donors (Lipinski definition) is 1. The molecule has 0 saturated carbocycles. The fraction of sp³-hybridized carbons (Fsp3) is 0.429. The van der Waals surface area contributed by atoms with Crippen LogP contribution in [0.4, 0.5) is 0 Å². The van der Waals surface area contributed by atoms with Gasteiger partial charge in [-0.05, 0) is 54.4 Å². The van der Waals surface area contributed by atoms with Crippen LogP contribution in [0.1, 0.15) is 30.2 Å². The normalized spacial score (nSPS) is 10.9. The molecule has 5 heteroatoms. The standard InChI is InChI=1S/C14H19BrN4/c1-4-5-16-8-13-10(2)6-11(3)18-14(13)19-9-12(15)7-17-19/h6-7,9,16H,4-5,8H2,1-3H3. The molecule has 0 radical (unpaired) electrons. The lowest BCUT2D eigenvalue weighted by atomic mass is 10.1. The Kier molecular flexibility index (Phi) is 4.71. The average molecular weight is 323 g/mol. The van der Waals surface area contributed by atoms with Crippen molar-refractivity contribution in [2.75, 3.05) is 6.54 Å². The molecule has 1 N–H and O–H groups in total. The second-order valence-corrected chi connectivity index (χ2v) is 5.58. The van der Waals surface area contributed by atoms with Crippen molar-refractivity contribution < 1.29 is 0 Å². The number of hydrogen-bond acceptors (Lipinski definition) is 3. The number of rotatable bonds is 5. The molecule has 2 heterocycles. The predicted molar refractivity (Wildman–Crippen MR) is 80.5 cm³/mol. The summed E-state index contributed by atoms with van der Waals surface area (Å²) in [5, 5.41) is 7.77. The van der Waals surface area contributed by atoms with Gasteiger partial charge in [0.25, 0.3) is 0 Å². The zero-order valence-corrected chi connectivity index (χ0v) is 13.2. The van der Waals surface area contributed by atoms with Crippen molar-refractivity contribution in [1.29, 1.82) is 0 Å². The van der Waals surface area contributed by atoms with Crippen LogP contribution in [0, 0.1) is 13.8 Å². The maximum atomic E-state index is 4.64. The van der Waals surface area contributed by atoms with Crippen molar-refractivity contribution in [1.82, 2.24) is 20.1 Å². The van der Waals surface area contributed by atoms with Gasteiger partial charge >= 0.3 is 0 Å². The highest BCUT2D eigenvalue weighted by Crippen LogP contribution is 2.19. The Morgan fingerprint density at radius 1 is 1.37 bits per heavy atom. The van der Waals surface area contributed by atoms with E-state index in [-0.39, 0.29) is 0 Å². The van der Waals surface area contributed by atoms with Crippen LogP contribution in [0.25, 0.3) is 5.82 Å². The summed E-state index contributed by atoms with van der Waals surface area (Å²) >= 11 is 3.43. The minimum atomic E-state index is 0.819. The Labute approximate surface area is 122 Å². The van der Waals surface area contributed by atoms with Crippen molar-refractivity contribution in [3.8, 4) is 5.82 Å². The largest absolute Gasteiger partial charge is 0.313 e. The summed E-state index contributed by atoms with van der Waals surface area (Å²) in [4.78, 5) is 4.64. The van der Waals surface area contributed by atoms with Gasteiger partial charge in [-0.2, -0.15) is 5.10 Å². The lowest BCUT2D eigenvalue weighted by molar-refractivity contribution is 0.663. The molecule has 0 unspecified atom stereocenters. The summed E-state index contributed by atoms with van der Waals surface area (Å²) < 4.78 is 2.79. The fourth-order valence-corrected chi connectivity index (χ4v) is 2.34. The van der Waals surface area contributed by atoms with Gasteiger partial charge in [0, 0.05) is 24.0 Å². The molecule has 4 nitrogen and oxygen atoms in total. The summed E-state index contributed by atoms with van der Waals surface area (Å²) in [7, 11) is 0. The first-order valence-corrected chi connectivity index (χ1v) is 7.29. The van der Waals surface area contributed by atoms with Crippen molar-refractivity contribution in [3.05, 3.63) is 39.8 Å². The molecule has 19 heavy (non-hydrogen) atoms. The van der Waals surface area contributed by atoms with Gasteiger partial charge in [0.05, 0.1) is 10.7 Å². The van der Waals surface area contributed by atoms with Crippen LogP contribution < -0.4 is 5.32 Å². The van der Waals surface area contributed by atoms with Gasteiger partial charge in [-0.15, -0.1) is 0 Å². The molecule has 0 atom stereocenters. The fourth-order valence-electron chi connectivity index (χ4n) is 2.06. The molecule has 0 bridgehead atoms. The van der Waals surface area contributed by atoms with E-state index in [0.717, 1.165) is 35.5 Å². The summed E-state index contributed by atoms with van der Waals surface area (Å²) in [5.41, 5.74) is 3.46. The van der Waals surface area contributed by atoms with Crippen LogP contribution in [0.5, 0.6) is 0 Å². The molecule has 0 aliphatic heterocycles. The smallest absolute Gasteiger partial charge is 0.158 e. The van der Waals surface area contributed by atoms with Crippen molar-refractivity contribution in [2.45, 2.75) is 33.7 Å². The molecule has 0 aliphatic rings. The third-order valence-electron chi connectivity index (χ3n) is 2.95. The Morgan fingerprint density at radius 3 is 2.79 bits per heavy atom. The first kappa shape index (κ1) is 14.2. The van der Waals surface area contributed by atoms with Crippen LogP contribution in [-0.2, 0) is 6.54 Å². The highest BCUT2D eigenvalue weighted by atomic mass is 79.9. The summed E-state index contributed by atoms with van der Waals surface area (Å²) in [6.45, 7) is 8.13. The Morgan fingerprint density at radius 2 is 2.16 bits per heavy atom. The Hall–Kier alpha value is -1.20. The quantitative estimate of drug-likeness (QED) is 0.860. The average Bonchev–Trinajstić information content (AvgIpc) is 2.78. The van der Waals surface area contributed by atoms with Crippen LogP contribution in [0.3, 0.4) is 0 Å². The van der Waals surface area contributed by atoms with Gasteiger partial charge in [-0.3, -0.25) is 0 Å². The van der Waals surface area contributed by atoms with Gasteiger partial charge in [-0.25, -0.2) is 9.67 Å². The van der Waals surface area contributed by atoms with E-state index >= 15 is 0 Å². The number of pyridine rings is 1. The zero-order valence-electron chi connectivity index (χ0n) is 11.6. The molecule has 0 fully saturated rings. The molecule has 0 amide bonds. The van der Waals surface area contributed by atoms with Crippen molar-refractivity contribution in [2.24, 2.45) is 0 Å². The third kappa shape index (κ3) is 3.42. The number of halogens is 1. The van der Waals surface area contributed by atoms with E-state index in [0.29, 0.717) is 0 Å². The summed E-state index contributed by atoms with van der Waals surface area (Å²) in [5.74, 6) is 0.909. The number of aryl methyl sites for hydroxylation is 2. The second kappa shape index (κ2) is 6.30. The Balaban J connectivity index is 2.39. The maximum Gasteiger partial charge on any atom is 0.158 e. The molecule has 0 aromatic carbocycles. The second-order valence-electron chi connectivity index (χ2n) is 4.66. The van der Waals surface area contributed by atoms with Crippen LogP contribution >= 0.6 is 15.9 Å². The predicted octanol–water partition coefficient (Wildman–Crippen LogP) is 3.15. The Bertz CT molecular complexity index is 563. The summed E-state index contributed by atoms with van der Waals surface area (Å²) in [6.07, 6.45) is 4.84. The highest BCUT2D eigenvalue weighted by molar-refractivity contribution is 9.10. The first-order valence-electron chi connectivity index (χ1n) is 6.50. The monoisotopic (exact) mass is 322 g/mol. The minimum absolute atomic E-state index is 0.819. The van der Waals surface area contributed by atoms with Gasteiger partial charge in [0.15, 0.2) is 5.82 Å². The third-order valence-corrected chi connectivity index (χ3v) is 3.36. The van der Waals surface area contributed by atoms with E-state index in [4.69, 9.17) is 0 Å². The molecule has 0 saturated heterocycles. The van der Waals surface area contributed by atoms with Crippen LogP contribution in [0.15, 0.2) is 22.9 Å². The summed E-state index contributed by atoms with van der Waals surface area (Å²) in [6, 6.07) is 2.12. The van der Waals surface area contributed by atoms with Gasteiger partial charge < -0.3 is 5.32 Å².